The second-order valence-corrected chi connectivity index (χ2v) is 4.93. The highest BCUT2D eigenvalue weighted by Crippen LogP contribution is 2.20. The molecule has 0 saturated heterocycles. The van der Waals surface area contributed by atoms with Crippen LogP contribution in [0.15, 0.2) is 28.7 Å². The van der Waals surface area contributed by atoms with Gasteiger partial charge in [0.1, 0.15) is 0 Å². The zero-order valence-corrected chi connectivity index (χ0v) is 12.1. The van der Waals surface area contributed by atoms with Crippen LogP contribution in [-0.2, 0) is 4.74 Å². The molecule has 0 radical (unpaired) electrons. The van der Waals surface area contributed by atoms with E-state index >= 15 is 0 Å². The van der Waals surface area contributed by atoms with E-state index in [0.29, 0.717) is 0 Å². The van der Waals surface area contributed by atoms with Crippen LogP contribution < -0.4 is 5.32 Å². The highest BCUT2D eigenvalue weighted by atomic mass is 79.9. The molecule has 3 heteroatoms. The lowest BCUT2D eigenvalue weighted by Crippen LogP contribution is -2.10. The van der Waals surface area contributed by atoms with Crippen LogP contribution in [0.2, 0.25) is 0 Å². The first-order valence-corrected chi connectivity index (χ1v) is 7.20. The van der Waals surface area contributed by atoms with E-state index in [-0.39, 0.29) is 0 Å². The zero-order valence-electron chi connectivity index (χ0n) is 10.5. The van der Waals surface area contributed by atoms with E-state index in [0.717, 1.165) is 29.9 Å². The maximum absolute atomic E-state index is 5.56. The van der Waals surface area contributed by atoms with E-state index in [9.17, 15) is 0 Å². The molecule has 0 aliphatic carbocycles. The molecule has 0 heterocycles. The summed E-state index contributed by atoms with van der Waals surface area (Å²) >= 11 is 3.50. The van der Waals surface area contributed by atoms with Crippen molar-refractivity contribution in [2.75, 3.05) is 25.1 Å². The topological polar surface area (TPSA) is 21.3 Å². The first-order chi connectivity index (χ1) is 8.34. The normalized spacial score (nSPS) is 10.5. The molecule has 0 saturated carbocycles. The van der Waals surface area contributed by atoms with Gasteiger partial charge in [-0.2, -0.15) is 0 Å². The van der Waals surface area contributed by atoms with Crippen LogP contribution in [0.1, 0.15) is 32.6 Å². The van der Waals surface area contributed by atoms with Gasteiger partial charge in [-0.15, -0.1) is 0 Å². The molecule has 0 atom stereocenters. The van der Waals surface area contributed by atoms with E-state index in [1.807, 2.05) is 18.2 Å². The summed E-state index contributed by atoms with van der Waals surface area (Å²) < 4.78 is 6.66. The number of hydrogen-bond acceptors (Lipinski definition) is 2. The van der Waals surface area contributed by atoms with Gasteiger partial charge < -0.3 is 10.1 Å². The average molecular weight is 300 g/mol. The predicted octanol–water partition coefficient (Wildman–Crippen LogP) is 4.46. The van der Waals surface area contributed by atoms with Gasteiger partial charge in [0.15, 0.2) is 0 Å². The highest BCUT2D eigenvalue weighted by Gasteiger charge is 1.96. The quantitative estimate of drug-likeness (QED) is 0.680. The summed E-state index contributed by atoms with van der Waals surface area (Å²) in [6.07, 6.45) is 5.07. The molecule has 0 fully saturated rings. The molecule has 0 aromatic heterocycles. The minimum Gasteiger partial charge on any atom is -0.382 e. The Hall–Kier alpha value is -0.540. The number of nitrogens with one attached hydrogen (secondary N) is 1. The summed E-state index contributed by atoms with van der Waals surface area (Å²) in [5.74, 6) is 0. The van der Waals surface area contributed by atoms with Crippen LogP contribution >= 0.6 is 15.9 Å². The third-order valence-electron chi connectivity index (χ3n) is 2.58. The molecule has 0 amide bonds. The molecule has 1 aromatic rings. The fraction of sp³-hybridized carbons (Fsp3) is 0.571. The predicted molar refractivity (Wildman–Crippen MR) is 77.6 cm³/mol. The number of benzene rings is 1. The molecule has 0 unspecified atom stereocenters. The zero-order chi connectivity index (χ0) is 12.3. The van der Waals surface area contributed by atoms with Crippen molar-refractivity contribution in [1.29, 1.82) is 0 Å². The van der Waals surface area contributed by atoms with Gasteiger partial charge in [0.25, 0.3) is 0 Å². The number of rotatable bonds is 9. The molecular formula is C14H22BrNO. The number of hydrogen-bond donors (Lipinski definition) is 1. The Kier molecular flexibility index (Phi) is 8.10. The Morgan fingerprint density at radius 3 is 2.71 bits per heavy atom. The Morgan fingerprint density at radius 2 is 1.94 bits per heavy atom. The van der Waals surface area contributed by atoms with Gasteiger partial charge in [0.05, 0.1) is 6.61 Å². The third-order valence-corrected chi connectivity index (χ3v) is 3.27. The smallest absolute Gasteiger partial charge is 0.0639 e. The van der Waals surface area contributed by atoms with Gasteiger partial charge in [0, 0.05) is 23.3 Å². The average Bonchev–Trinajstić information content (AvgIpc) is 2.35. The van der Waals surface area contributed by atoms with Gasteiger partial charge in [-0.05, 0) is 34.5 Å². The molecule has 0 spiro atoms. The molecule has 2 nitrogen and oxygen atoms in total. The monoisotopic (exact) mass is 299 g/mol. The van der Waals surface area contributed by atoms with Crippen LogP contribution in [0.25, 0.3) is 0 Å². The van der Waals surface area contributed by atoms with Gasteiger partial charge >= 0.3 is 0 Å². The minimum absolute atomic E-state index is 0.771. The summed E-state index contributed by atoms with van der Waals surface area (Å²) in [5.41, 5.74) is 1.13. The standard InChI is InChI=1S/C14H22BrNO/c1-2-3-4-7-11-17-12-10-16-14-9-6-5-8-13(14)15/h5-6,8-9,16H,2-4,7,10-12H2,1H3. The molecule has 1 rings (SSSR count). The molecule has 1 aromatic carbocycles. The molecule has 17 heavy (non-hydrogen) atoms. The largest absolute Gasteiger partial charge is 0.382 e. The van der Waals surface area contributed by atoms with Crippen LogP contribution in [-0.4, -0.2) is 19.8 Å². The number of anilines is 1. The number of halogens is 1. The van der Waals surface area contributed by atoms with Crippen LogP contribution in [0.3, 0.4) is 0 Å². The van der Waals surface area contributed by atoms with Crippen molar-refractivity contribution >= 4 is 21.6 Å². The summed E-state index contributed by atoms with van der Waals surface area (Å²) in [6.45, 7) is 4.74. The maximum Gasteiger partial charge on any atom is 0.0639 e. The van der Waals surface area contributed by atoms with Crippen LogP contribution in [0.5, 0.6) is 0 Å². The summed E-state index contributed by atoms with van der Waals surface area (Å²) in [4.78, 5) is 0. The van der Waals surface area contributed by atoms with Gasteiger partial charge in [0.2, 0.25) is 0 Å². The minimum atomic E-state index is 0.771. The number of para-hydroxylation sites is 1. The lowest BCUT2D eigenvalue weighted by molar-refractivity contribution is 0.139. The SMILES string of the molecule is CCCCCCOCCNc1ccccc1Br. The maximum atomic E-state index is 5.56. The molecular weight excluding hydrogens is 278 g/mol. The van der Waals surface area contributed by atoms with Gasteiger partial charge in [-0.25, -0.2) is 0 Å². The van der Waals surface area contributed by atoms with Crippen LogP contribution in [0, 0.1) is 0 Å². The van der Waals surface area contributed by atoms with E-state index in [1.165, 1.54) is 25.7 Å². The second kappa shape index (κ2) is 9.49. The molecule has 96 valence electrons. The second-order valence-electron chi connectivity index (χ2n) is 4.08. The Bertz CT molecular complexity index is 304. The Morgan fingerprint density at radius 1 is 1.12 bits per heavy atom. The van der Waals surface area contributed by atoms with Crippen molar-refractivity contribution in [3.05, 3.63) is 28.7 Å². The summed E-state index contributed by atoms with van der Waals surface area (Å²) in [5, 5.41) is 3.34. The van der Waals surface area contributed by atoms with Crippen molar-refractivity contribution in [3.63, 3.8) is 0 Å². The number of ether oxygens (including phenoxy) is 1. The summed E-state index contributed by atoms with van der Waals surface area (Å²) in [6, 6.07) is 8.14. The number of unbranched alkanes of at least 4 members (excludes halogenated alkanes) is 3. The van der Waals surface area contributed by atoms with Crippen molar-refractivity contribution in [1.82, 2.24) is 0 Å². The van der Waals surface area contributed by atoms with Crippen molar-refractivity contribution < 1.29 is 4.74 Å². The van der Waals surface area contributed by atoms with Crippen molar-refractivity contribution in [3.8, 4) is 0 Å². The van der Waals surface area contributed by atoms with E-state index < -0.39 is 0 Å². The molecule has 0 bridgehead atoms. The molecule has 1 N–H and O–H groups in total. The van der Waals surface area contributed by atoms with E-state index in [2.05, 4.69) is 34.2 Å². The fourth-order valence-corrected chi connectivity index (χ4v) is 2.02. The molecule has 0 aliphatic heterocycles. The third kappa shape index (κ3) is 6.69. The summed E-state index contributed by atoms with van der Waals surface area (Å²) in [7, 11) is 0. The first kappa shape index (κ1) is 14.5. The van der Waals surface area contributed by atoms with E-state index in [1.54, 1.807) is 0 Å². The van der Waals surface area contributed by atoms with Gasteiger partial charge in [-0.1, -0.05) is 38.3 Å². The van der Waals surface area contributed by atoms with E-state index in [4.69, 9.17) is 4.74 Å². The van der Waals surface area contributed by atoms with Gasteiger partial charge in [-0.3, -0.25) is 0 Å². The lowest BCUT2D eigenvalue weighted by atomic mass is 10.2. The van der Waals surface area contributed by atoms with Crippen molar-refractivity contribution in [2.24, 2.45) is 0 Å². The first-order valence-electron chi connectivity index (χ1n) is 6.40. The Labute approximate surface area is 113 Å². The van der Waals surface area contributed by atoms with Crippen LogP contribution in [0.4, 0.5) is 5.69 Å². The highest BCUT2D eigenvalue weighted by molar-refractivity contribution is 9.10. The Balaban J connectivity index is 1.99. The molecule has 0 aliphatic rings. The fourth-order valence-electron chi connectivity index (χ4n) is 1.60. The van der Waals surface area contributed by atoms with Crippen molar-refractivity contribution in [2.45, 2.75) is 32.6 Å². The lowest BCUT2D eigenvalue weighted by Gasteiger charge is -2.08.